The van der Waals surface area contributed by atoms with E-state index in [4.69, 9.17) is 0 Å². The molecule has 3 saturated carbocycles. The summed E-state index contributed by atoms with van der Waals surface area (Å²) in [6.45, 7) is 12.2. The molecule has 0 aromatic carbocycles. The van der Waals surface area contributed by atoms with Gasteiger partial charge in [0.15, 0.2) is 5.78 Å². The minimum absolute atomic E-state index is 0.166. The molecule has 0 aromatic rings. The van der Waals surface area contributed by atoms with Crippen LogP contribution in [0.2, 0.25) is 0 Å². The highest BCUT2D eigenvalue weighted by atomic mass is 16.1. The number of hydrogen-bond donors (Lipinski definition) is 1. The van der Waals surface area contributed by atoms with E-state index in [1.165, 1.54) is 24.8 Å². The van der Waals surface area contributed by atoms with Gasteiger partial charge < -0.3 is 5.32 Å². The molecule has 4 aliphatic carbocycles. The van der Waals surface area contributed by atoms with Gasteiger partial charge in [-0.1, -0.05) is 33.3 Å². The summed E-state index contributed by atoms with van der Waals surface area (Å²) in [5.41, 5.74) is 1.75. The van der Waals surface area contributed by atoms with Gasteiger partial charge in [0.25, 0.3) is 0 Å². The topological polar surface area (TPSA) is 46.2 Å². The number of ketones is 2. The second-order valence-electron chi connectivity index (χ2n) is 10.4. The molecule has 0 aliphatic heterocycles. The lowest BCUT2D eigenvalue weighted by Gasteiger charge is -2.62. The first kappa shape index (κ1) is 19.4. The van der Waals surface area contributed by atoms with E-state index < -0.39 is 0 Å². The van der Waals surface area contributed by atoms with Crippen LogP contribution in [0.4, 0.5) is 0 Å². The Morgan fingerprint density at radius 2 is 1.93 bits per heavy atom. The maximum Gasteiger partial charge on any atom is 0.155 e. The first-order valence-electron chi connectivity index (χ1n) is 11.2. The van der Waals surface area contributed by atoms with Crippen LogP contribution < -0.4 is 5.32 Å². The minimum atomic E-state index is 0.166. The number of fused-ring (bicyclic) bond motifs is 5. The van der Waals surface area contributed by atoms with Gasteiger partial charge in [-0.05, 0) is 86.2 Å². The van der Waals surface area contributed by atoms with Crippen molar-refractivity contribution in [3.8, 4) is 0 Å². The molecule has 0 heterocycles. The summed E-state index contributed by atoms with van der Waals surface area (Å²) in [6.07, 6.45) is 8.39. The van der Waals surface area contributed by atoms with Crippen LogP contribution in [0.1, 0.15) is 73.1 Å². The molecule has 0 aromatic heterocycles. The Morgan fingerprint density at radius 3 is 2.59 bits per heavy atom. The summed E-state index contributed by atoms with van der Waals surface area (Å²) in [4.78, 5) is 24.7. The third-order valence-corrected chi connectivity index (χ3v) is 9.39. The highest BCUT2D eigenvalue weighted by Crippen LogP contribution is 2.67. The fraction of sp³-hybridized carbons (Fsp3) is 0.833. The largest absolute Gasteiger partial charge is 0.313 e. The van der Waals surface area contributed by atoms with Crippen LogP contribution in [0.3, 0.4) is 0 Å². The normalized spacial score (nSPS) is 49.1. The van der Waals surface area contributed by atoms with E-state index in [2.05, 4.69) is 33.0 Å². The van der Waals surface area contributed by atoms with Crippen LogP contribution in [-0.2, 0) is 9.59 Å². The fourth-order valence-corrected chi connectivity index (χ4v) is 8.17. The smallest absolute Gasteiger partial charge is 0.155 e. The lowest BCUT2D eigenvalue weighted by Crippen LogP contribution is -2.61. The zero-order valence-corrected chi connectivity index (χ0v) is 17.8. The highest BCUT2D eigenvalue weighted by Gasteiger charge is 2.63. The molecule has 3 nitrogen and oxygen atoms in total. The van der Waals surface area contributed by atoms with E-state index in [0.29, 0.717) is 47.7 Å². The summed E-state index contributed by atoms with van der Waals surface area (Å²) < 4.78 is 0. The zero-order chi connectivity index (χ0) is 19.6. The summed E-state index contributed by atoms with van der Waals surface area (Å²) in [6, 6.07) is 0.431. The van der Waals surface area contributed by atoms with E-state index in [-0.39, 0.29) is 16.7 Å². The van der Waals surface area contributed by atoms with Crippen molar-refractivity contribution in [2.24, 2.45) is 40.4 Å². The van der Waals surface area contributed by atoms with Gasteiger partial charge >= 0.3 is 0 Å². The van der Waals surface area contributed by atoms with Gasteiger partial charge in [0.05, 0.1) is 0 Å². The average molecular weight is 372 g/mol. The Balaban J connectivity index is 1.78. The van der Waals surface area contributed by atoms with Crippen LogP contribution >= 0.6 is 0 Å². The molecule has 150 valence electrons. The van der Waals surface area contributed by atoms with E-state index in [1.54, 1.807) is 0 Å². The molecule has 3 fully saturated rings. The molecule has 1 N–H and O–H groups in total. The fourth-order valence-electron chi connectivity index (χ4n) is 8.17. The van der Waals surface area contributed by atoms with Crippen LogP contribution in [0.5, 0.6) is 0 Å². The second-order valence-corrected chi connectivity index (χ2v) is 10.4. The predicted molar refractivity (Wildman–Crippen MR) is 108 cm³/mol. The maximum absolute atomic E-state index is 12.4. The summed E-state index contributed by atoms with van der Waals surface area (Å²) in [7, 11) is 0. The SMILES string of the molecule is CCNC1C2C(CC[C@@]3(C)C2CC[C@@H]3C(C)=O)[C@@]2(C)CCC(=O)C=C2[C@H]1C. The van der Waals surface area contributed by atoms with Crippen molar-refractivity contribution in [1.82, 2.24) is 5.32 Å². The van der Waals surface area contributed by atoms with Crippen LogP contribution in [0.15, 0.2) is 11.6 Å². The number of Topliss-reactive ketones (excluding diaryl/α,β-unsaturated/α-hetero) is 1. The molecule has 4 unspecified atom stereocenters. The second kappa shape index (κ2) is 6.54. The zero-order valence-electron chi connectivity index (χ0n) is 17.8. The van der Waals surface area contributed by atoms with Gasteiger partial charge in [0.2, 0.25) is 0 Å². The van der Waals surface area contributed by atoms with Crippen molar-refractivity contribution in [3.05, 3.63) is 11.6 Å². The van der Waals surface area contributed by atoms with E-state index in [1.807, 2.05) is 13.0 Å². The maximum atomic E-state index is 12.4. The van der Waals surface area contributed by atoms with Crippen LogP contribution in [0.25, 0.3) is 0 Å². The van der Waals surface area contributed by atoms with E-state index in [9.17, 15) is 9.59 Å². The van der Waals surface area contributed by atoms with Crippen molar-refractivity contribution in [3.63, 3.8) is 0 Å². The van der Waals surface area contributed by atoms with Gasteiger partial charge in [-0.2, -0.15) is 0 Å². The lowest BCUT2D eigenvalue weighted by atomic mass is 9.44. The minimum Gasteiger partial charge on any atom is -0.313 e. The predicted octanol–water partition coefficient (Wildman–Crippen LogP) is 4.56. The third-order valence-electron chi connectivity index (χ3n) is 9.39. The van der Waals surface area contributed by atoms with Crippen molar-refractivity contribution in [2.75, 3.05) is 6.54 Å². The molecule has 4 aliphatic rings. The molecule has 0 amide bonds. The number of carbonyl (C=O) groups excluding carboxylic acids is 2. The van der Waals surface area contributed by atoms with Gasteiger partial charge in [0.1, 0.15) is 5.78 Å². The number of rotatable bonds is 3. The number of hydrogen-bond acceptors (Lipinski definition) is 3. The summed E-state index contributed by atoms with van der Waals surface area (Å²) in [5, 5.41) is 3.84. The molecule has 0 spiro atoms. The molecule has 27 heavy (non-hydrogen) atoms. The molecular formula is C24H37NO2. The Labute approximate surface area is 164 Å². The standard InChI is InChI=1S/C24H37NO2/c1-6-25-22-14(2)20-13-16(27)9-11-24(20,5)19-10-12-23(4)17(15(3)26)7-8-18(23)21(19)22/h13-14,17-19,21-22,25H,6-12H2,1-5H3/t14-,17-,18?,19?,21?,22?,23-,24-/m1/s1. The van der Waals surface area contributed by atoms with Crippen molar-refractivity contribution < 1.29 is 9.59 Å². The van der Waals surface area contributed by atoms with Crippen molar-refractivity contribution >= 4 is 11.6 Å². The van der Waals surface area contributed by atoms with Gasteiger partial charge in [-0.25, -0.2) is 0 Å². The van der Waals surface area contributed by atoms with Gasteiger partial charge in [-0.15, -0.1) is 0 Å². The third kappa shape index (κ3) is 2.63. The molecule has 4 rings (SSSR count). The molecule has 0 bridgehead atoms. The van der Waals surface area contributed by atoms with Crippen molar-refractivity contribution in [2.45, 2.75) is 79.2 Å². The van der Waals surface area contributed by atoms with Crippen LogP contribution in [0, 0.1) is 40.4 Å². The first-order valence-corrected chi connectivity index (χ1v) is 11.2. The Hall–Kier alpha value is -0.960. The Kier molecular flexibility index (Phi) is 4.69. The highest BCUT2D eigenvalue weighted by molar-refractivity contribution is 5.91. The van der Waals surface area contributed by atoms with Gasteiger partial charge in [-0.3, -0.25) is 9.59 Å². The molecular weight excluding hydrogens is 334 g/mol. The van der Waals surface area contributed by atoms with Crippen LogP contribution in [-0.4, -0.2) is 24.2 Å². The lowest BCUT2D eigenvalue weighted by molar-refractivity contribution is -0.130. The monoisotopic (exact) mass is 371 g/mol. The first-order chi connectivity index (χ1) is 12.7. The Morgan fingerprint density at radius 1 is 1.19 bits per heavy atom. The Bertz CT molecular complexity index is 682. The van der Waals surface area contributed by atoms with E-state index in [0.717, 1.165) is 19.4 Å². The average Bonchev–Trinajstić information content (AvgIpc) is 2.97. The quantitative estimate of drug-likeness (QED) is 0.791. The molecule has 8 atom stereocenters. The summed E-state index contributed by atoms with van der Waals surface area (Å²) in [5.74, 6) is 3.27. The number of carbonyl (C=O) groups is 2. The molecule has 3 heteroatoms. The molecule has 0 saturated heterocycles. The van der Waals surface area contributed by atoms with E-state index >= 15 is 0 Å². The van der Waals surface area contributed by atoms with Crippen molar-refractivity contribution in [1.29, 1.82) is 0 Å². The molecule has 0 radical (unpaired) electrons. The summed E-state index contributed by atoms with van der Waals surface area (Å²) >= 11 is 0. The van der Waals surface area contributed by atoms with Gasteiger partial charge in [0, 0.05) is 18.4 Å². The number of nitrogens with one attached hydrogen (secondary N) is 1.